The molecule has 4 nitrogen and oxygen atoms in total. The fourth-order valence-corrected chi connectivity index (χ4v) is 2.03. The quantitative estimate of drug-likeness (QED) is 0.726. The van der Waals surface area contributed by atoms with Crippen LogP contribution >= 0.6 is 15.9 Å². The Morgan fingerprint density at radius 1 is 1.67 bits per heavy atom. The van der Waals surface area contributed by atoms with Crippen LogP contribution in [0.25, 0.3) is 0 Å². The molecule has 0 spiro atoms. The van der Waals surface area contributed by atoms with Crippen molar-refractivity contribution in [1.82, 2.24) is 4.90 Å². The molecule has 0 amide bonds. The lowest BCUT2D eigenvalue weighted by Crippen LogP contribution is -2.50. The molecule has 86 valence electrons. The number of hydrogen-bond acceptors (Lipinski definition) is 4. The lowest BCUT2D eigenvalue weighted by molar-refractivity contribution is -0.165. The molecule has 1 saturated heterocycles. The van der Waals surface area contributed by atoms with Gasteiger partial charge in [-0.3, -0.25) is 4.90 Å². The summed E-state index contributed by atoms with van der Waals surface area (Å²) in [5, 5.41) is 0. The Morgan fingerprint density at radius 2 is 2.33 bits per heavy atom. The molecule has 1 rings (SSSR count). The molecule has 1 aliphatic heterocycles. The molecule has 15 heavy (non-hydrogen) atoms. The number of hydrogen-bond donors (Lipinski definition) is 0. The van der Waals surface area contributed by atoms with E-state index in [9.17, 15) is 4.79 Å². The summed E-state index contributed by atoms with van der Waals surface area (Å²) >= 11 is 3.31. The number of ether oxygens (including phenoxy) is 2. The molecule has 0 saturated carbocycles. The van der Waals surface area contributed by atoms with E-state index in [-0.39, 0.29) is 12.1 Å². The van der Waals surface area contributed by atoms with Crippen LogP contribution in [0.1, 0.15) is 6.92 Å². The summed E-state index contributed by atoms with van der Waals surface area (Å²) in [4.78, 5) is 13.5. The molecule has 1 heterocycles. The lowest BCUT2D eigenvalue weighted by Gasteiger charge is -2.35. The van der Waals surface area contributed by atoms with Crippen LogP contribution in [-0.2, 0) is 14.3 Å². The standard InChI is InChI=1S/C10H16BrNO3/c1-7(11)4-12-5-8(2)15-9(6-12)10(13)14-3/h8-9H,1,4-6H2,2-3H3/t8-,9+/m1/s1. The van der Waals surface area contributed by atoms with Crippen LogP contribution in [0.2, 0.25) is 0 Å². The van der Waals surface area contributed by atoms with E-state index in [0.717, 1.165) is 17.6 Å². The van der Waals surface area contributed by atoms with Crippen molar-refractivity contribution in [2.45, 2.75) is 19.1 Å². The van der Waals surface area contributed by atoms with E-state index in [1.165, 1.54) is 7.11 Å². The molecule has 0 aromatic rings. The zero-order chi connectivity index (χ0) is 11.4. The van der Waals surface area contributed by atoms with Crippen LogP contribution in [0.5, 0.6) is 0 Å². The summed E-state index contributed by atoms with van der Waals surface area (Å²) < 4.78 is 11.1. The van der Waals surface area contributed by atoms with Crippen LogP contribution < -0.4 is 0 Å². The van der Waals surface area contributed by atoms with Gasteiger partial charge in [-0.1, -0.05) is 22.5 Å². The minimum atomic E-state index is -0.481. The van der Waals surface area contributed by atoms with Crippen molar-refractivity contribution in [3.8, 4) is 0 Å². The SMILES string of the molecule is C=C(Br)CN1C[C@@H](C)O[C@H](C(=O)OC)C1. The second kappa shape index (κ2) is 5.63. The van der Waals surface area contributed by atoms with Gasteiger partial charge >= 0.3 is 5.97 Å². The molecule has 5 heteroatoms. The summed E-state index contributed by atoms with van der Waals surface area (Å²) in [7, 11) is 1.37. The lowest BCUT2D eigenvalue weighted by atomic mass is 10.2. The number of nitrogens with zero attached hydrogens (tertiary/aromatic N) is 1. The fraction of sp³-hybridized carbons (Fsp3) is 0.700. The topological polar surface area (TPSA) is 38.8 Å². The van der Waals surface area contributed by atoms with Crippen molar-refractivity contribution in [2.75, 3.05) is 26.7 Å². The van der Waals surface area contributed by atoms with Gasteiger partial charge in [0.1, 0.15) is 0 Å². The Labute approximate surface area is 98.3 Å². The van der Waals surface area contributed by atoms with Gasteiger partial charge in [0.2, 0.25) is 0 Å². The maximum atomic E-state index is 11.3. The minimum absolute atomic E-state index is 0.0368. The van der Waals surface area contributed by atoms with Crippen molar-refractivity contribution < 1.29 is 14.3 Å². The Bertz CT molecular complexity index is 257. The average molecular weight is 278 g/mol. The summed E-state index contributed by atoms with van der Waals surface area (Å²) in [6, 6.07) is 0. The van der Waals surface area contributed by atoms with Crippen LogP contribution in [0, 0.1) is 0 Å². The molecular formula is C10H16BrNO3. The van der Waals surface area contributed by atoms with E-state index in [0.29, 0.717) is 6.54 Å². The normalized spacial score (nSPS) is 27.4. The predicted molar refractivity (Wildman–Crippen MR) is 60.9 cm³/mol. The molecule has 0 bridgehead atoms. The van der Waals surface area contributed by atoms with Gasteiger partial charge in [0.15, 0.2) is 6.10 Å². The van der Waals surface area contributed by atoms with Gasteiger partial charge in [-0.05, 0) is 6.92 Å². The molecular weight excluding hydrogens is 262 g/mol. The first-order valence-corrected chi connectivity index (χ1v) is 5.61. The Hall–Kier alpha value is -0.390. The van der Waals surface area contributed by atoms with Crippen molar-refractivity contribution in [1.29, 1.82) is 0 Å². The molecule has 2 atom stereocenters. The summed E-state index contributed by atoms with van der Waals surface area (Å²) in [5.74, 6) is -0.313. The summed E-state index contributed by atoms with van der Waals surface area (Å²) in [6.45, 7) is 7.81. The highest BCUT2D eigenvalue weighted by atomic mass is 79.9. The van der Waals surface area contributed by atoms with Crippen molar-refractivity contribution >= 4 is 21.9 Å². The smallest absolute Gasteiger partial charge is 0.336 e. The van der Waals surface area contributed by atoms with Gasteiger partial charge in [0.05, 0.1) is 13.2 Å². The van der Waals surface area contributed by atoms with Crippen molar-refractivity contribution in [2.24, 2.45) is 0 Å². The molecule has 1 aliphatic rings. The van der Waals surface area contributed by atoms with Crippen LogP contribution in [0.15, 0.2) is 11.1 Å². The van der Waals surface area contributed by atoms with E-state index < -0.39 is 6.10 Å². The van der Waals surface area contributed by atoms with E-state index in [4.69, 9.17) is 4.74 Å². The third kappa shape index (κ3) is 3.93. The zero-order valence-electron chi connectivity index (χ0n) is 9.03. The van der Waals surface area contributed by atoms with Crippen molar-refractivity contribution in [3.63, 3.8) is 0 Å². The predicted octanol–water partition coefficient (Wildman–Crippen LogP) is 1.16. The van der Waals surface area contributed by atoms with Gasteiger partial charge in [-0.2, -0.15) is 0 Å². The van der Waals surface area contributed by atoms with E-state index >= 15 is 0 Å². The molecule has 1 fully saturated rings. The maximum absolute atomic E-state index is 11.3. The Balaban J connectivity index is 2.55. The number of methoxy groups -OCH3 is 1. The molecule has 0 aliphatic carbocycles. The number of esters is 1. The minimum Gasteiger partial charge on any atom is -0.467 e. The first kappa shape index (κ1) is 12.7. The highest BCUT2D eigenvalue weighted by Crippen LogP contribution is 2.14. The number of halogens is 1. The third-order valence-electron chi connectivity index (χ3n) is 2.20. The molecule has 0 aromatic carbocycles. The van der Waals surface area contributed by atoms with Gasteiger partial charge < -0.3 is 9.47 Å². The highest BCUT2D eigenvalue weighted by Gasteiger charge is 2.30. The highest BCUT2D eigenvalue weighted by molar-refractivity contribution is 9.11. The molecule has 0 aromatic heterocycles. The van der Waals surface area contributed by atoms with Gasteiger partial charge in [-0.25, -0.2) is 4.79 Å². The third-order valence-corrected chi connectivity index (χ3v) is 2.45. The molecule has 0 unspecified atom stereocenters. The largest absolute Gasteiger partial charge is 0.467 e. The first-order chi connectivity index (χ1) is 7.02. The number of carbonyl (C=O) groups excluding carboxylic acids is 1. The first-order valence-electron chi connectivity index (χ1n) is 4.82. The molecule has 0 N–H and O–H groups in total. The average Bonchev–Trinajstić information content (AvgIpc) is 2.14. The monoisotopic (exact) mass is 277 g/mol. The van der Waals surface area contributed by atoms with Crippen LogP contribution in [-0.4, -0.2) is 49.8 Å². The Morgan fingerprint density at radius 3 is 2.87 bits per heavy atom. The second-order valence-corrected chi connectivity index (χ2v) is 4.79. The Kier molecular flexibility index (Phi) is 4.76. The molecule has 0 radical (unpaired) electrons. The number of carbonyl (C=O) groups is 1. The second-order valence-electron chi connectivity index (χ2n) is 3.67. The van der Waals surface area contributed by atoms with E-state index in [2.05, 4.69) is 32.1 Å². The maximum Gasteiger partial charge on any atom is 0.336 e. The van der Waals surface area contributed by atoms with Gasteiger partial charge in [-0.15, -0.1) is 0 Å². The van der Waals surface area contributed by atoms with Crippen LogP contribution in [0.4, 0.5) is 0 Å². The number of rotatable bonds is 3. The summed E-state index contributed by atoms with van der Waals surface area (Å²) in [6.07, 6.45) is -0.444. The summed E-state index contributed by atoms with van der Waals surface area (Å²) in [5.41, 5.74) is 0. The zero-order valence-corrected chi connectivity index (χ0v) is 10.6. The fourth-order valence-electron chi connectivity index (χ4n) is 1.67. The van der Waals surface area contributed by atoms with E-state index in [1.54, 1.807) is 0 Å². The van der Waals surface area contributed by atoms with E-state index in [1.807, 2.05) is 6.92 Å². The van der Waals surface area contributed by atoms with Gasteiger partial charge in [0.25, 0.3) is 0 Å². The van der Waals surface area contributed by atoms with Crippen LogP contribution in [0.3, 0.4) is 0 Å². The number of morpholine rings is 1. The van der Waals surface area contributed by atoms with Crippen molar-refractivity contribution in [3.05, 3.63) is 11.1 Å². The van der Waals surface area contributed by atoms with Gasteiger partial charge in [0, 0.05) is 24.1 Å².